The van der Waals surface area contributed by atoms with Crippen molar-refractivity contribution in [3.8, 4) is 17.2 Å². The second-order valence-electron chi connectivity index (χ2n) is 2.76. The Morgan fingerprint density at radius 2 is 1.29 bits per heavy atom. The Labute approximate surface area is 108 Å². The average molecular weight is 422 g/mol. The fourth-order valence-electron chi connectivity index (χ4n) is 1.06. The molecule has 0 aromatic heterocycles. The minimum absolute atomic E-state index is 0.0385. The number of aliphatic hydroxyl groups excluding tert-OH is 1. The molecule has 0 radical (unpaired) electrons. The lowest BCUT2D eigenvalue weighted by atomic mass is 10.1. The third-order valence-electron chi connectivity index (χ3n) is 1.76. The fraction of sp³-hybridized carbons (Fsp3) is 0.250. The van der Waals surface area contributed by atoms with Crippen LogP contribution >= 0.6 is 45.2 Å². The first-order valence-corrected chi connectivity index (χ1v) is 5.83. The van der Waals surface area contributed by atoms with Crippen molar-refractivity contribution in [3.05, 3.63) is 12.7 Å². The van der Waals surface area contributed by atoms with Gasteiger partial charge in [0.1, 0.15) is 17.2 Å². The molecule has 1 aromatic carbocycles. The van der Waals surface area contributed by atoms with Gasteiger partial charge in [-0.1, -0.05) is 0 Å². The van der Waals surface area contributed by atoms with Crippen LogP contribution in [-0.4, -0.2) is 20.4 Å². The van der Waals surface area contributed by atoms with Crippen molar-refractivity contribution < 1.29 is 20.4 Å². The Kier molecular flexibility index (Phi) is 3.69. The van der Waals surface area contributed by atoms with Gasteiger partial charge in [0.15, 0.2) is 0 Å². The highest BCUT2D eigenvalue weighted by Gasteiger charge is 2.23. The number of hydrogen-bond acceptors (Lipinski definition) is 4. The van der Waals surface area contributed by atoms with Crippen LogP contribution < -0.4 is 0 Å². The predicted octanol–water partition coefficient (Wildman–Crippen LogP) is 2.07. The molecule has 1 aromatic rings. The normalized spacial score (nSPS) is 12.9. The molecule has 78 valence electrons. The van der Waals surface area contributed by atoms with Crippen LogP contribution in [0.1, 0.15) is 18.6 Å². The Bertz CT molecular complexity index is 347. The van der Waals surface area contributed by atoms with Crippen LogP contribution in [0.15, 0.2) is 0 Å². The van der Waals surface area contributed by atoms with Gasteiger partial charge >= 0.3 is 0 Å². The van der Waals surface area contributed by atoms with E-state index in [1.807, 2.05) is 0 Å². The van der Waals surface area contributed by atoms with E-state index >= 15 is 0 Å². The van der Waals surface area contributed by atoms with Crippen molar-refractivity contribution in [3.63, 3.8) is 0 Å². The predicted molar refractivity (Wildman–Crippen MR) is 67.5 cm³/mol. The number of phenolic OH excluding ortho intramolecular Hbond substituents is 3. The summed E-state index contributed by atoms with van der Waals surface area (Å²) in [7, 11) is 0. The number of halogens is 2. The molecular formula is C8H8I2O4. The molecule has 0 amide bonds. The minimum atomic E-state index is -0.988. The van der Waals surface area contributed by atoms with Crippen molar-refractivity contribution >= 4 is 45.2 Å². The highest BCUT2D eigenvalue weighted by atomic mass is 127. The lowest BCUT2D eigenvalue weighted by Gasteiger charge is -2.14. The molecule has 0 saturated heterocycles. The molecule has 1 unspecified atom stereocenters. The molecule has 0 aliphatic rings. The summed E-state index contributed by atoms with van der Waals surface area (Å²) >= 11 is 3.49. The van der Waals surface area contributed by atoms with Gasteiger partial charge in [0.25, 0.3) is 0 Å². The zero-order valence-corrected chi connectivity index (χ0v) is 11.4. The van der Waals surface area contributed by atoms with Crippen molar-refractivity contribution in [2.45, 2.75) is 13.0 Å². The summed E-state index contributed by atoms with van der Waals surface area (Å²) in [4.78, 5) is 0. The zero-order chi connectivity index (χ0) is 11.0. The van der Waals surface area contributed by atoms with E-state index in [-0.39, 0.29) is 30.0 Å². The number of hydrogen-bond donors (Lipinski definition) is 4. The first-order chi connectivity index (χ1) is 6.37. The molecule has 4 nitrogen and oxygen atoms in total. The lowest BCUT2D eigenvalue weighted by molar-refractivity contribution is 0.189. The van der Waals surface area contributed by atoms with Gasteiger partial charge < -0.3 is 20.4 Å². The fourth-order valence-corrected chi connectivity index (χ4v) is 2.70. The van der Waals surface area contributed by atoms with E-state index < -0.39 is 6.10 Å². The molecule has 0 fully saturated rings. The van der Waals surface area contributed by atoms with Crippen LogP contribution in [-0.2, 0) is 0 Å². The van der Waals surface area contributed by atoms with Gasteiger partial charge in [-0.15, -0.1) is 0 Å². The first-order valence-electron chi connectivity index (χ1n) is 3.67. The molecule has 1 atom stereocenters. The molecular weight excluding hydrogens is 414 g/mol. The second-order valence-corrected chi connectivity index (χ2v) is 4.92. The molecule has 14 heavy (non-hydrogen) atoms. The summed E-state index contributed by atoms with van der Waals surface area (Å²) < 4.78 is 0.446. The van der Waals surface area contributed by atoms with E-state index in [9.17, 15) is 20.4 Å². The van der Waals surface area contributed by atoms with Crippen molar-refractivity contribution in [2.24, 2.45) is 0 Å². The van der Waals surface area contributed by atoms with E-state index in [1.165, 1.54) is 6.92 Å². The minimum Gasteiger partial charge on any atom is -0.506 e. The number of aromatic hydroxyl groups is 3. The third-order valence-corrected chi connectivity index (χ3v) is 3.80. The molecule has 6 heteroatoms. The average Bonchev–Trinajstić information content (AvgIpc) is 2.11. The van der Waals surface area contributed by atoms with Gasteiger partial charge in [0.2, 0.25) is 0 Å². The molecule has 0 heterocycles. The Hall–Kier alpha value is 0.0400. The molecule has 0 aliphatic carbocycles. The van der Waals surface area contributed by atoms with Gasteiger partial charge in [-0.3, -0.25) is 0 Å². The Morgan fingerprint density at radius 3 is 1.57 bits per heavy atom. The van der Waals surface area contributed by atoms with Gasteiger partial charge in [0, 0.05) is 0 Å². The topological polar surface area (TPSA) is 80.9 Å². The molecule has 4 N–H and O–H groups in total. The summed E-state index contributed by atoms with van der Waals surface area (Å²) in [5.74, 6) is -0.738. The van der Waals surface area contributed by atoms with Crippen LogP contribution in [0.5, 0.6) is 17.2 Å². The van der Waals surface area contributed by atoms with E-state index in [2.05, 4.69) is 0 Å². The standard InChI is InChI=1S/C8H8I2O4/c1-2(11)3-6(12)4(9)8(14)5(10)7(3)13/h2,11-14H,1H3. The number of phenols is 3. The Morgan fingerprint density at radius 1 is 0.929 bits per heavy atom. The van der Waals surface area contributed by atoms with Crippen LogP contribution in [0.25, 0.3) is 0 Å². The highest BCUT2D eigenvalue weighted by molar-refractivity contribution is 14.1. The summed E-state index contributed by atoms with van der Waals surface area (Å²) in [6.45, 7) is 1.43. The molecule has 0 saturated carbocycles. The summed E-state index contributed by atoms with van der Waals surface area (Å²) in [6, 6.07) is 0. The van der Waals surface area contributed by atoms with Crippen molar-refractivity contribution in [2.75, 3.05) is 0 Å². The molecule has 0 aliphatic heterocycles. The maximum atomic E-state index is 9.56. The number of aliphatic hydroxyl groups is 1. The summed E-state index contributed by atoms with van der Waals surface area (Å²) in [5, 5.41) is 37.9. The quantitative estimate of drug-likeness (QED) is 0.523. The SMILES string of the molecule is CC(O)c1c(O)c(I)c(O)c(I)c1O. The van der Waals surface area contributed by atoms with Crippen LogP contribution in [0.4, 0.5) is 0 Å². The molecule has 0 spiro atoms. The summed E-state index contributed by atoms with van der Waals surface area (Å²) in [5.41, 5.74) is 0.0385. The molecule has 0 bridgehead atoms. The van der Waals surface area contributed by atoms with Gasteiger partial charge in [-0.2, -0.15) is 0 Å². The highest BCUT2D eigenvalue weighted by Crippen LogP contribution is 2.45. The monoisotopic (exact) mass is 422 g/mol. The van der Waals surface area contributed by atoms with E-state index in [4.69, 9.17) is 0 Å². The van der Waals surface area contributed by atoms with Gasteiger partial charge in [-0.05, 0) is 52.1 Å². The van der Waals surface area contributed by atoms with E-state index in [0.29, 0.717) is 0 Å². The largest absolute Gasteiger partial charge is 0.506 e. The smallest absolute Gasteiger partial charge is 0.149 e. The maximum Gasteiger partial charge on any atom is 0.149 e. The zero-order valence-electron chi connectivity index (χ0n) is 7.12. The van der Waals surface area contributed by atoms with E-state index in [0.717, 1.165) is 0 Å². The van der Waals surface area contributed by atoms with Gasteiger partial charge in [-0.25, -0.2) is 0 Å². The first kappa shape index (κ1) is 12.1. The van der Waals surface area contributed by atoms with Crippen molar-refractivity contribution in [1.82, 2.24) is 0 Å². The van der Waals surface area contributed by atoms with Crippen LogP contribution in [0, 0.1) is 7.14 Å². The third kappa shape index (κ3) is 1.87. The van der Waals surface area contributed by atoms with E-state index in [1.54, 1.807) is 45.2 Å². The lowest BCUT2D eigenvalue weighted by Crippen LogP contribution is -1.97. The van der Waals surface area contributed by atoms with Crippen LogP contribution in [0.2, 0.25) is 0 Å². The Balaban J connectivity index is 3.60. The maximum absolute atomic E-state index is 9.56. The number of benzene rings is 1. The van der Waals surface area contributed by atoms with Crippen LogP contribution in [0.3, 0.4) is 0 Å². The molecule has 1 rings (SSSR count). The van der Waals surface area contributed by atoms with Crippen molar-refractivity contribution in [1.29, 1.82) is 0 Å². The number of rotatable bonds is 1. The van der Waals surface area contributed by atoms with Gasteiger partial charge in [0.05, 0.1) is 18.8 Å². The summed E-state index contributed by atoms with van der Waals surface area (Å²) in [6.07, 6.45) is -0.988. The second kappa shape index (κ2) is 4.27.